The largest absolute Gasteiger partial charge is 0.376 e. The van der Waals surface area contributed by atoms with Crippen molar-refractivity contribution in [2.75, 3.05) is 11.1 Å². The van der Waals surface area contributed by atoms with Crippen LogP contribution in [0, 0.1) is 0 Å². The average molecular weight is 355 g/mol. The van der Waals surface area contributed by atoms with Gasteiger partial charge >= 0.3 is 0 Å². The van der Waals surface area contributed by atoms with Crippen molar-refractivity contribution in [2.24, 2.45) is 0 Å². The normalized spacial score (nSPS) is 17.9. The van der Waals surface area contributed by atoms with E-state index in [4.69, 9.17) is 11.6 Å². The number of rotatable bonds is 2. The van der Waals surface area contributed by atoms with Gasteiger partial charge in [0, 0.05) is 21.0 Å². The quantitative estimate of drug-likeness (QED) is 0.764. The zero-order valence-corrected chi connectivity index (χ0v) is 13.4. The number of thioether (sulfide) groups is 1. The van der Waals surface area contributed by atoms with Crippen molar-refractivity contribution < 1.29 is 0 Å². The van der Waals surface area contributed by atoms with Crippen LogP contribution in [-0.4, -0.2) is 5.75 Å². The van der Waals surface area contributed by atoms with Crippen molar-refractivity contribution in [2.45, 2.75) is 11.8 Å². The third-order valence-electron chi connectivity index (χ3n) is 3.23. The van der Waals surface area contributed by atoms with Crippen molar-refractivity contribution in [3.05, 3.63) is 63.1 Å². The molecule has 1 nitrogen and oxygen atoms in total. The molecule has 1 atom stereocenters. The van der Waals surface area contributed by atoms with E-state index in [1.54, 1.807) is 0 Å². The van der Waals surface area contributed by atoms with Crippen LogP contribution in [-0.2, 0) is 5.75 Å². The van der Waals surface area contributed by atoms with Crippen molar-refractivity contribution in [1.82, 2.24) is 0 Å². The predicted octanol–water partition coefficient (Wildman–Crippen LogP) is 5.50. The second-order valence-electron chi connectivity index (χ2n) is 4.54. The molecule has 0 radical (unpaired) electrons. The van der Waals surface area contributed by atoms with Gasteiger partial charge in [0.15, 0.2) is 0 Å². The summed E-state index contributed by atoms with van der Waals surface area (Å²) in [5.74, 6) is 2.18. The zero-order chi connectivity index (χ0) is 13.2. The van der Waals surface area contributed by atoms with Crippen LogP contribution in [0.25, 0.3) is 0 Å². The van der Waals surface area contributed by atoms with Gasteiger partial charge in [-0.1, -0.05) is 35.9 Å². The fourth-order valence-electron chi connectivity index (χ4n) is 2.30. The Balaban J connectivity index is 1.90. The second-order valence-corrected chi connectivity index (χ2v) is 6.86. The number of benzene rings is 2. The standard InChI is InChI=1S/C15H13BrClNS/c16-13-6-5-11(17)7-14(13)18-15-9-19-8-10-3-1-2-4-12(10)15/h1-7,15,18H,8-9H2. The minimum Gasteiger partial charge on any atom is -0.376 e. The predicted molar refractivity (Wildman–Crippen MR) is 88.1 cm³/mol. The molecule has 1 unspecified atom stereocenters. The molecule has 1 heterocycles. The van der Waals surface area contributed by atoms with Gasteiger partial charge in [0.25, 0.3) is 0 Å². The van der Waals surface area contributed by atoms with Gasteiger partial charge in [0.1, 0.15) is 0 Å². The van der Waals surface area contributed by atoms with Gasteiger partial charge < -0.3 is 5.32 Å². The highest BCUT2D eigenvalue weighted by Crippen LogP contribution is 2.36. The topological polar surface area (TPSA) is 12.0 Å². The minimum absolute atomic E-state index is 0.338. The number of hydrogen-bond acceptors (Lipinski definition) is 2. The van der Waals surface area contributed by atoms with Crippen LogP contribution in [0.1, 0.15) is 17.2 Å². The molecule has 0 saturated heterocycles. The summed E-state index contributed by atoms with van der Waals surface area (Å²) >= 11 is 11.6. The van der Waals surface area contributed by atoms with Crippen molar-refractivity contribution in [1.29, 1.82) is 0 Å². The lowest BCUT2D eigenvalue weighted by Crippen LogP contribution is -2.18. The van der Waals surface area contributed by atoms with Crippen molar-refractivity contribution in [3.63, 3.8) is 0 Å². The Hall–Kier alpha value is -0.640. The number of nitrogens with one attached hydrogen (secondary N) is 1. The van der Waals surface area contributed by atoms with Crippen LogP contribution in [0.5, 0.6) is 0 Å². The summed E-state index contributed by atoms with van der Waals surface area (Å²) in [5.41, 5.74) is 3.87. The number of halogens is 2. The molecule has 0 saturated carbocycles. The zero-order valence-electron chi connectivity index (χ0n) is 10.2. The van der Waals surface area contributed by atoms with Gasteiger partial charge in [0.05, 0.1) is 11.7 Å². The summed E-state index contributed by atoms with van der Waals surface area (Å²) in [7, 11) is 0. The van der Waals surface area contributed by atoms with E-state index in [0.29, 0.717) is 6.04 Å². The molecule has 2 aromatic carbocycles. The smallest absolute Gasteiger partial charge is 0.0607 e. The SMILES string of the molecule is Clc1ccc(Br)c(NC2CSCc3ccccc32)c1. The molecular formula is C15H13BrClNS. The van der Waals surface area contributed by atoms with E-state index in [9.17, 15) is 0 Å². The summed E-state index contributed by atoms with van der Waals surface area (Å²) in [6, 6.07) is 14.8. The molecule has 19 heavy (non-hydrogen) atoms. The number of fused-ring (bicyclic) bond motifs is 1. The first-order valence-electron chi connectivity index (χ1n) is 6.11. The molecule has 0 aliphatic carbocycles. The molecule has 1 aliphatic rings. The van der Waals surface area contributed by atoms with Crippen molar-refractivity contribution in [3.8, 4) is 0 Å². The third-order valence-corrected chi connectivity index (χ3v) is 5.24. The molecule has 2 aromatic rings. The molecule has 1 aliphatic heterocycles. The Labute approximate surface area is 130 Å². The van der Waals surface area contributed by atoms with Crippen LogP contribution in [0.15, 0.2) is 46.9 Å². The highest BCUT2D eigenvalue weighted by molar-refractivity contribution is 9.10. The van der Waals surface area contributed by atoms with E-state index < -0.39 is 0 Å². The average Bonchev–Trinajstić information content (AvgIpc) is 2.43. The summed E-state index contributed by atoms with van der Waals surface area (Å²) in [6.45, 7) is 0. The van der Waals surface area contributed by atoms with Gasteiger partial charge in [0.2, 0.25) is 0 Å². The van der Waals surface area contributed by atoms with E-state index in [1.807, 2.05) is 30.0 Å². The van der Waals surface area contributed by atoms with Gasteiger partial charge in [-0.3, -0.25) is 0 Å². The third kappa shape index (κ3) is 2.93. The maximum absolute atomic E-state index is 6.07. The minimum atomic E-state index is 0.338. The molecule has 4 heteroatoms. The second kappa shape index (κ2) is 5.78. The van der Waals surface area contributed by atoms with E-state index in [1.165, 1.54) is 11.1 Å². The monoisotopic (exact) mass is 353 g/mol. The lowest BCUT2D eigenvalue weighted by atomic mass is 10.0. The summed E-state index contributed by atoms with van der Waals surface area (Å²) in [5, 5.41) is 4.35. The highest BCUT2D eigenvalue weighted by atomic mass is 79.9. The Bertz CT molecular complexity index is 602. The van der Waals surface area contributed by atoms with Crippen molar-refractivity contribution >= 4 is 45.0 Å². The lowest BCUT2D eigenvalue weighted by molar-refractivity contribution is 0.870. The Morgan fingerprint density at radius 3 is 2.95 bits per heavy atom. The van der Waals surface area contributed by atoms with Crippen LogP contribution in [0.4, 0.5) is 5.69 Å². The van der Waals surface area contributed by atoms with Crippen LogP contribution in [0.2, 0.25) is 5.02 Å². The lowest BCUT2D eigenvalue weighted by Gasteiger charge is -2.27. The first-order chi connectivity index (χ1) is 9.24. The molecule has 1 N–H and O–H groups in total. The van der Waals surface area contributed by atoms with E-state index in [2.05, 4.69) is 45.5 Å². The molecule has 0 bridgehead atoms. The number of hydrogen-bond donors (Lipinski definition) is 1. The Morgan fingerprint density at radius 1 is 1.21 bits per heavy atom. The number of anilines is 1. The molecular weight excluding hydrogens is 342 g/mol. The first-order valence-corrected chi connectivity index (χ1v) is 8.44. The van der Waals surface area contributed by atoms with E-state index >= 15 is 0 Å². The highest BCUT2D eigenvalue weighted by Gasteiger charge is 2.20. The maximum atomic E-state index is 6.07. The fourth-order valence-corrected chi connectivity index (χ4v) is 3.93. The van der Waals surface area contributed by atoms with E-state index in [-0.39, 0.29) is 0 Å². The summed E-state index contributed by atoms with van der Waals surface area (Å²) in [6.07, 6.45) is 0. The first kappa shape index (κ1) is 13.3. The van der Waals surface area contributed by atoms with E-state index in [0.717, 1.165) is 26.7 Å². The maximum Gasteiger partial charge on any atom is 0.0607 e. The Morgan fingerprint density at radius 2 is 2.05 bits per heavy atom. The molecule has 0 amide bonds. The fraction of sp³-hybridized carbons (Fsp3) is 0.200. The molecule has 98 valence electrons. The van der Waals surface area contributed by atoms with Crippen LogP contribution in [0.3, 0.4) is 0 Å². The summed E-state index contributed by atoms with van der Waals surface area (Å²) < 4.78 is 1.05. The molecule has 0 fully saturated rings. The van der Waals surface area contributed by atoms with Gasteiger partial charge in [-0.25, -0.2) is 0 Å². The van der Waals surface area contributed by atoms with Gasteiger partial charge in [-0.2, -0.15) is 11.8 Å². The Kier molecular flexibility index (Phi) is 4.06. The van der Waals surface area contributed by atoms with Crippen LogP contribution >= 0.6 is 39.3 Å². The molecule has 0 aromatic heterocycles. The van der Waals surface area contributed by atoms with Crippen LogP contribution < -0.4 is 5.32 Å². The summed E-state index contributed by atoms with van der Waals surface area (Å²) in [4.78, 5) is 0. The van der Waals surface area contributed by atoms with Gasteiger partial charge in [-0.05, 0) is 45.3 Å². The molecule has 0 spiro atoms. The van der Waals surface area contributed by atoms with Gasteiger partial charge in [-0.15, -0.1) is 0 Å². The molecule has 3 rings (SSSR count).